The second-order valence-corrected chi connectivity index (χ2v) is 12.8. The molecule has 3 atom stereocenters. The molecule has 6 rings (SSSR count). The summed E-state index contributed by atoms with van der Waals surface area (Å²) in [6.07, 6.45) is 3.20. The van der Waals surface area contributed by atoms with Crippen LogP contribution in [-0.2, 0) is 34.5 Å². The van der Waals surface area contributed by atoms with Crippen molar-refractivity contribution in [2.24, 2.45) is 24.3 Å². The first kappa shape index (κ1) is 29.8. The number of fused-ring (bicyclic) bond motifs is 1. The molecule has 10 nitrogen and oxygen atoms in total. The van der Waals surface area contributed by atoms with E-state index in [9.17, 15) is 23.2 Å². The third-order valence-corrected chi connectivity index (χ3v) is 10.1. The Morgan fingerprint density at radius 2 is 1.95 bits per heavy atom. The lowest BCUT2D eigenvalue weighted by Gasteiger charge is -2.43. The van der Waals surface area contributed by atoms with Gasteiger partial charge >= 0.3 is 0 Å². The molecule has 0 radical (unpaired) electrons. The van der Waals surface area contributed by atoms with Gasteiger partial charge in [0.2, 0.25) is 17.7 Å². The molecule has 1 aromatic heterocycles. The zero-order chi connectivity index (χ0) is 30.5. The number of alkyl halides is 2. The average Bonchev–Trinajstić information content (AvgIpc) is 3.53. The second-order valence-electron chi connectivity index (χ2n) is 12.4. The number of hydrogen-bond acceptors (Lipinski definition) is 6. The first-order valence-electron chi connectivity index (χ1n) is 15.0. The highest BCUT2D eigenvalue weighted by Crippen LogP contribution is 2.54. The SMILES string of the molecule is CNC(=O)[C@H]1CCCC[C@H]1C(=O)N1CCc2c(Cl)ccc(OCc3nnn(C)c3C(F)F)c2[C@H]1CN1CC2(CC2)CC1=O. The van der Waals surface area contributed by atoms with Crippen LogP contribution in [0.2, 0.25) is 5.02 Å². The van der Waals surface area contributed by atoms with E-state index in [1.807, 2.05) is 4.90 Å². The maximum absolute atomic E-state index is 14.4. The molecule has 1 saturated heterocycles. The number of halogens is 3. The maximum atomic E-state index is 14.4. The number of amides is 3. The Morgan fingerprint density at radius 1 is 1.21 bits per heavy atom. The Labute approximate surface area is 254 Å². The molecule has 3 heterocycles. The fourth-order valence-electron chi connectivity index (χ4n) is 7.29. The van der Waals surface area contributed by atoms with Gasteiger partial charge in [0.05, 0.1) is 6.04 Å². The first-order chi connectivity index (χ1) is 20.6. The summed E-state index contributed by atoms with van der Waals surface area (Å²) >= 11 is 6.71. The van der Waals surface area contributed by atoms with Crippen molar-refractivity contribution in [1.29, 1.82) is 0 Å². The van der Waals surface area contributed by atoms with Gasteiger partial charge in [-0.3, -0.25) is 14.4 Å². The number of rotatable bonds is 8. The normalized spacial score (nSPS) is 24.4. The zero-order valence-electron chi connectivity index (χ0n) is 24.5. The number of likely N-dealkylation sites (tertiary alicyclic amines) is 1. The largest absolute Gasteiger partial charge is 0.487 e. The van der Waals surface area contributed by atoms with Crippen molar-refractivity contribution in [3.8, 4) is 5.75 Å². The number of hydrogen-bond donors (Lipinski definition) is 1. The van der Waals surface area contributed by atoms with E-state index in [2.05, 4.69) is 15.6 Å². The number of carbonyl (C=O) groups excluding carboxylic acids is 3. The van der Waals surface area contributed by atoms with Crippen molar-refractivity contribution in [2.75, 3.05) is 26.7 Å². The highest BCUT2D eigenvalue weighted by Gasteiger charge is 2.53. The van der Waals surface area contributed by atoms with Crippen LogP contribution < -0.4 is 10.1 Å². The molecular formula is C30H37ClF2N6O4. The Kier molecular flexibility index (Phi) is 8.08. The van der Waals surface area contributed by atoms with E-state index < -0.39 is 24.3 Å². The summed E-state index contributed by atoms with van der Waals surface area (Å²) in [7, 11) is 2.99. The topological polar surface area (TPSA) is 110 Å². The maximum Gasteiger partial charge on any atom is 0.282 e. The molecular weight excluding hydrogens is 582 g/mol. The van der Waals surface area contributed by atoms with E-state index in [1.54, 1.807) is 24.1 Å². The third-order valence-electron chi connectivity index (χ3n) is 9.79. The van der Waals surface area contributed by atoms with E-state index in [-0.39, 0.29) is 47.7 Å². The molecule has 1 aromatic carbocycles. The Bertz CT molecular complexity index is 1430. The van der Waals surface area contributed by atoms with Crippen LogP contribution in [0.3, 0.4) is 0 Å². The molecule has 232 valence electrons. The minimum absolute atomic E-state index is 0.0162. The van der Waals surface area contributed by atoms with Crippen molar-refractivity contribution < 1.29 is 27.9 Å². The summed E-state index contributed by atoms with van der Waals surface area (Å²) in [5.74, 6) is -0.690. The van der Waals surface area contributed by atoms with Crippen molar-refractivity contribution in [3.05, 3.63) is 39.7 Å². The van der Waals surface area contributed by atoms with E-state index >= 15 is 0 Å². The van der Waals surface area contributed by atoms with Crippen LogP contribution in [-0.4, -0.2) is 69.2 Å². The zero-order valence-corrected chi connectivity index (χ0v) is 25.2. The molecule has 0 unspecified atom stereocenters. The number of aromatic nitrogens is 3. The fourth-order valence-corrected chi connectivity index (χ4v) is 7.55. The molecule has 3 amide bonds. The predicted octanol–water partition coefficient (Wildman–Crippen LogP) is 3.98. The highest BCUT2D eigenvalue weighted by molar-refractivity contribution is 6.31. The van der Waals surface area contributed by atoms with E-state index in [1.165, 1.54) is 7.05 Å². The van der Waals surface area contributed by atoms with E-state index in [0.29, 0.717) is 55.1 Å². The van der Waals surface area contributed by atoms with Gasteiger partial charge < -0.3 is 19.9 Å². The van der Waals surface area contributed by atoms with E-state index in [4.69, 9.17) is 16.3 Å². The van der Waals surface area contributed by atoms with Crippen molar-refractivity contribution in [3.63, 3.8) is 0 Å². The van der Waals surface area contributed by atoms with Crippen molar-refractivity contribution in [1.82, 2.24) is 30.1 Å². The van der Waals surface area contributed by atoms with Gasteiger partial charge in [-0.25, -0.2) is 13.5 Å². The van der Waals surface area contributed by atoms with Crippen LogP contribution >= 0.6 is 11.6 Å². The summed E-state index contributed by atoms with van der Waals surface area (Å²) < 4.78 is 34.6. The monoisotopic (exact) mass is 618 g/mol. The molecule has 1 spiro atoms. The average molecular weight is 619 g/mol. The lowest BCUT2D eigenvalue weighted by atomic mass is 9.77. The fraction of sp³-hybridized carbons (Fsp3) is 0.633. The van der Waals surface area contributed by atoms with Gasteiger partial charge in [-0.05, 0) is 55.2 Å². The molecule has 0 bridgehead atoms. The van der Waals surface area contributed by atoms with Gasteiger partial charge in [0.15, 0.2) is 0 Å². The predicted molar refractivity (Wildman–Crippen MR) is 152 cm³/mol. The van der Waals surface area contributed by atoms with Crippen molar-refractivity contribution in [2.45, 2.75) is 70.4 Å². The molecule has 3 fully saturated rings. The summed E-state index contributed by atoms with van der Waals surface area (Å²) in [6.45, 7) is 1.03. The number of carbonyl (C=O) groups is 3. The van der Waals surface area contributed by atoms with Crippen LogP contribution in [0.1, 0.15) is 79.9 Å². The quantitative estimate of drug-likeness (QED) is 0.479. The highest BCUT2D eigenvalue weighted by atomic mass is 35.5. The molecule has 2 saturated carbocycles. The molecule has 4 aliphatic rings. The Morgan fingerprint density at radius 3 is 2.63 bits per heavy atom. The smallest absolute Gasteiger partial charge is 0.282 e. The minimum atomic E-state index is -2.78. The van der Waals surface area contributed by atoms with Crippen LogP contribution in [0.4, 0.5) is 8.78 Å². The summed E-state index contributed by atoms with van der Waals surface area (Å²) in [6, 6.07) is 2.81. The molecule has 1 N–H and O–H groups in total. The van der Waals surface area contributed by atoms with Gasteiger partial charge in [0.1, 0.15) is 23.7 Å². The Balaban J connectivity index is 1.36. The molecule has 43 heavy (non-hydrogen) atoms. The van der Waals surface area contributed by atoms with E-state index in [0.717, 1.165) is 35.9 Å². The Hall–Kier alpha value is -3.28. The standard InChI is InChI=1S/C30H37ClF2N6O4/c1-34-28(41)17-5-3-4-6-18(17)29(42)39-12-9-19-20(31)7-8-23(43-15-21-26(27(32)33)37(2)36-35-21)25(19)22(39)14-38-16-30(10-11-30)13-24(38)40/h7-8,17-18,22,27H,3-6,9-16H2,1-2H3,(H,34,41)/t17-,18+,22+/m0/s1. The number of nitrogens with zero attached hydrogens (tertiary/aromatic N) is 5. The van der Waals surface area contributed by atoms with Crippen LogP contribution in [0.15, 0.2) is 12.1 Å². The molecule has 13 heteroatoms. The van der Waals surface area contributed by atoms with Crippen LogP contribution in [0.25, 0.3) is 0 Å². The van der Waals surface area contributed by atoms with Gasteiger partial charge in [0.25, 0.3) is 6.43 Å². The van der Waals surface area contributed by atoms with Gasteiger partial charge in [-0.15, -0.1) is 5.10 Å². The van der Waals surface area contributed by atoms with Crippen LogP contribution in [0, 0.1) is 17.3 Å². The summed E-state index contributed by atoms with van der Waals surface area (Å²) in [5, 5.41) is 10.9. The number of benzene rings is 1. The second kappa shape index (κ2) is 11.7. The molecule has 2 aliphatic carbocycles. The lowest BCUT2D eigenvalue weighted by Crippen LogP contribution is -2.50. The lowest BCUT2D eigenvalue weighted by molar-refractivity contribution is -0.147. The summed E-state index contributed by atoms with van der Waals surface area (Å²) in [4.78, 5) is 44.0. The first-order valence-corrected chi connectivity index (χ1v) is 15.4. The minimum Gasteiger partial charge on any atom is -0.487 e. The molecule has 2 aliphatic heterocycles. The van der Waals surface area contributed by atoms with Crippen LogP contribution in [0.5, 0.6) is 5.75 Å². The van der Waals surface area contributed by atoms with Crippen molar-refractivity contribution >= 4 is 29.3 Å². The number of ether oxygens (including phenoxy) is 1. The molecule has 2 aromatic rings. The number of aryl methyl sites for hydroxylation is 1. The van der Waals surface area contributed by atoms with Gasteiger partial charge in [0, 0.05) is 62.6 Å². The third kappa shape index (κ3) is 5.58. The summed E-state index contributed by atoms with van der Waals surface area (Å²) in [5.41, 5.74) is 1.20. The number of nitrogens with one attached hydrogen (secondary N) is 1. The van der Waals surface area contributed by atoms with Gasteiger partial charge in [-0.2, -0.15) is 0 Å². The van der Waals surface area contributed by atoms with Gasteiger partial charge in [-0.1, -0.05) is 29.7 Å².